The zero-order valence-electron chi connectivity index (χ0n) is 8.91. The first-order valence-electron chi connectivity index (χ1n) is 4.31. The monoisotopic (exact) mass is 306 g/mol. The average molecular weight is 307 g/mol. The van der Waals surface area contributed by atoms with E-state index in [-0.39, 0.29) is 21.5 Å². The maximum Gasteiger partial charge on any atom is 0.377 e. The lowest BCUT2D eigenvalue weighted by Crippen LogP contribution is -2.15. The van der Waals surface area contributed by atoms with E-state index in [9.17, 15) is 14.0 Å². The van der Waals surface area contributed by atoms with E-state index >= 15 is 0 Å². The topological polar surface area (TPSA) is 72.8 Å². The van der Waals surface area contributed by atoms with Crippen molar-refractivity contribution in [2.24, 2.45) is 0 Å². The second-order valence-electron chi connectivity index (χ2n) is 2.92. The number of rotatable bonds is 4. The summed E-state index contributed by atoms with van der Waals surface area (Å²) in [4.78, 5) is 22.1. The second kappa shape index (κ2) is 5.13. The molecule has 0 unspecified atom stereocenters. The number of carbonyl (C=O) groups excluding carboxylic acids is 1. The first-order chi connectivity index (χ1) is 7.93. The fraction of sp³-hybridized carbons (Fsp3) is 0.200. The summed E-state index contributed by atoms with van der Waals surface area (Å²) in [6.45, 7) is 0. The van der Waals surface area contributed by atoms with E-state index < -0.39 is 17.6 Å². The molecule has 92 valence electrons. The number of carbonyl (C=O) groups is 2. The van der Waals surface area contributed by atoms with Gasteiger partial charge in [0, 0.05) is 4.47 Å². The number of ketones is 1. The van der Waals surface area contributed by atoms with Crippen LogP contribution in [0.2, 0.25) is 0 Å². The second-order valence-corrected chi connectivity index (χ2v) is 3.77. The molecule has 0 spiro atoms. The molecule has 17 heavy (non-hydrogen) atoms. The van der Waals surface area contributed by atoms with E-state index in [0.717, 1.165) is 6.07 Å². The molecule has 0 radical (unpaired) electrons. The lowest BCUT2D eigenvalue weighted by Gasteiger charge is -2.13. The van der Waals surface area contributed by atoms with Gasteiger partial charge in [0.15, 0.2) is 17.3 Å². The Balaban J connectivity index is 3.58. The predicted octanol–water partition coefficient (Wildman–Crippen LogP) is 1.87. The molecule has 0 heterocycles. The molecule has 0 aliphatic rings. The minimum absolute atomic E-state index is 0.0138. The maximum atomic E-state index is 13.4. The largest absolute Gasteiger partial charge is 0.492 e. The van der Waals surface area contributed by atoms with E-state index in [2.05, 4.69) is 15.9 Å². The molecule has 7 heteroatoms. The van der Waals surface area contributed by atoms with Gasteiger partial charge in [0.25, 0.3) is 5.78 Å². The Kier molecular flexibility index (Phi) is 4.06. The Labute approximate surface area is 104 Å². The molecule has 0 atom stereocenters. The highest BCUT2D eigenvalue weighted by Gasteiger charge is 2.27. The Morgan fingerprint density at radius 3 is 2.24 bits per heavy atom. The van der Waals surface area contributed by atoms with Crippen LogP contribution in [0, 0.1) is 5.82 Å². The van der Waals surface area contributed by atoms with E-state index in [1.54, 1.807) is 0 Å². The number of hydrogen-bond donors (Lipinski definition) is 1. The number of Topliss-reactive ketones (excluding diaryl/α,β-unsaturated/α-hetero) is 1. The average Bonchev–Trinajstić information content (AvgIpc) is 2.27. The van der Waals surface area contributed by atoms with Crippen LogP contribution in [0.25, 0.3) is 0 Å². The van der Waals surface area contributed by atoms with Gasteiger partial charge in [0.1, 0.15) is 0 Å². The fourth-order valence-electron chi connectivity index (χ4n) is 1.28. The number of carboxylic acid groups (broad SMARTS) is 1. The third-order valence-electron chi connectivity index (χ3n) is 1.97. The number of benzene rings is 1. The summed E-state index contributed by atoms with van der Waals surface area (Å²) in [5, 5.41) is 8.65. The molecular formula is C10H8BrFO5. The zero-order chi connectivity index (χ0) is 13.2. The number of hydrogen-bond acceptors (Lipinski definition) is 4. The predicted molar refractivity (Wildman–Crippen MR) is 59.2 cm³/mol. The van der Waals surface area contributed by atoms with Crippen molar-refractivity contribution >= 4 is 27.7 Å². The quantitative estimate of drug-likeness (QED) is 0.679. The molecule has 1 rings (SSSR count). The van der Waals surface area contributed by atoms with Gasteiger partial charge < -0.3 is 14.6 Å². The summed E-state index contributed by atoms with van der Waals surface area (Å²) in [7, 11) is 2.37. The highest BCUT2D eigenvalue weighted by Crippen LogP contribution is 2.38. The summed E-state index contributed by atoms with van der Waals surface area (Å²) in [5.74, 6) is -4.23. The van der Waals surface area contributed by atoms with Crippen LogP contribution in [0.4, 0.5) is 4.39 Å². The van der Waals surface area contributed by atoms with Gasteiger partial charge in [-0.2, -0.15) is 0 Å². The van der Waals surface area contributed by atoms with Gasteiger partial charge in [-0.15, -0.1) is 0 Å². The van der Waals surface area contributed by atoms with Crippen molar-refractivity contribution in [1.29, 1.82) is 0 Å². The summed E-state index contributed by atoms with van der Waals surface area (Å²) in [6, 6.07) is 0.942. The third-order valence-corrected chi connectivity index (χ3v) is 2.60. The minimum atomic E-state index is -1.67. The van der Waals surface area contributed by atoms with E-state index in [1.165, 1.54) is 14.2 Å². The van der Waals surface area contributed by atoms with Crippen LogP contribution >= 0.6 is 15.9 Å². The smallest absolute Gasteiger partial charge is 0.377 e. The maximum absolute atomic E-state index is 13.4. The summed E-state index contributed by atoms with van der Waals surface area (Å²) >= 11 is 2.91. The minimum Gasteiger partial charge on any atom is -0.492 e. The summed E-state index contributed by atoms with van der Waals surface area (Å²) < 4.78 is 23.0. The van der Waals surface area contributed by atoms with Gasteiger partial charge in [0.05, 0.1) is 19.8 Å². The SMILES string of the molecule is COc1c(F)cc(Br)c(C(=O)C(=O)O)c1OC. The molecule has 1 aromatic carbocycles. The molecule has 0 aliphatic heterocycles. The van der Waals surface area contributed by atoms with E-state index in [1.807, 2.05) is 0 Å². The van der Waals surface area contributed by atoms with Gasteiger partial charge in [-0.3, -0.25) is 4.79 Å². The van der Waals surface area contributed by atoms with Gasteiger partial charge in [-0.1, -0.05) is 0 Å². The van der Waals surface area contributed by atoms with Crippen LogP contribution in [0.5, 0.6) is 11.5 Å². The molecule has 0 fully saturated rings. The van der Waals surface area contributed by atoms with Crippen molar-refractivity contribution in [3.63, 3.8) is 0 Å². The third kappa shape index (κ3) is 2.38. The van der Waals surface area contributed by atoms with Crippen molar-refractivity contribution in [1.82, 2.24) is 0 Å². The molecule has 0 bridgehead atoms. The van der Waals surface area contributed by atoms with Crippen molar-refractivity contribution in [3.05, 3.63) is 21.9 Å². The Morgan fingerprint density at radius 1 is 1.29 bits per heavy atom. The molecule has 5 nitrogen and oxygen atoms in total. The lowest BCUT2D eigenvalue weighted by atomic mass is 10.1. The van der Waals surface area contributed by atoms with E-state index in [0.29, 0.717) is 0 Å². The molecule has 0 saturated carbocycles. The van der Waals surface area contributed by atoms with Crippen molar-refractivity contribution < 1.29 is 28.6 Å². The van der Waals surface area contributed by atoms with E-state index in [4.69, 9.17) is 14.6 Å². The van der Waals surface area contributed by atoms with Crippen molar-refractivity contribution in [2.75, 3.05) is 14.2 Å². The number of aliphatic carboxylic acids is 1. The first kappa shape index (κ1) is 13.4. The van der Waals surface area contributed by atoms with Crippen molar-refractivity contribution in [3.8, 4) is 11.5 Å². The standard InChI is InChI=1S/C10H8BrFO5/c1-16-8-5(12)3-4(11)6(9(8)17-2)7(13)10(14)15/h3H,1-2H3,(H,14,15). The number of ether oxygens (including phenoxy) is 2. The molecule has 0 aromatic heterocycles. The Morgan fingerprint density at radius 2 is 1.82 bits per heavy atom. The number of methoxy groups -OCH3 is 2. The van der Waals surface area contributed by atoms with Gasteiger partial charge in [-0.05, 0) is 22.0 Å². The zero-order valence-corrected chi connectivity index (χ0v) is 10.5. The highest BCUT2D eigenvalue weighted by atomic mass is 79.9. The van der Waals surface area contributed by atoms with Gasteiger partial charge in [-0.25, -0.2) is 9.18 Å². The van der Waals surface area contributed by atoms with Gasteiger partial charge in [0.2, 0.25) is 0 Å². The molecular weight excluding hydrogens is 299 g/mol. The molecule has 0 aliphatic carbocycles. The fourth-order valence-corrected chi connectivity index (χ4v) is 1.84. The lowest BCUT2D eigenvalue weighted by molar-refractivity contribution is -0.131. The van der Waals surface area contributed by atoms with Crippen LogP contribution in [-0.4, -0.2) is 31.1 Å². The Hall–Kier alpha value is -1.63. The first-order valence-corrected chi connectivity index (χ1v) is 5.10. The number of carboxylic acids is 1. The molecule has 1 N–H and O–H groups in total. The normalized spacial score (nSPS) is 9.88. The summed E-state index contributed by atoms with van der Waals surface area (Å²) in [6.07, 6.45) is 0. The Bertz CT molecular complexity index is 486. The van der Waals surface area contributed by atoms with Crippen LogP contribution in [0.15, 0.2) is 10.5 Å². The van der Waals surface area contributed by atoms with Crippen molar-refractivity contribution in [2.45, 2.75) is 0 Å². The molecule has 0 amide bonds. The van der Waals surface area contributed by atoms with Crippen LogP contribution in [-0.2, 0) is 4.79 Å². The van der Waals surface area contributed by atoms with Crippen LogP contribution in [0.1, 0.15) is 10.4 Å². The summed E-state index contributed by atoms with van der Waals surface area (Å²) in [5.41, 5.74) is -0.293. The molecule has 0 saturated heterocycles. The van der Waals surface area contributed by atoms with Crippen LogP contribution in [0.3, 0.4) is 0 Å². The van der Waals surface area contributed by atoms with Crippen LogP contribution < -0.4 is 9.47 Å². The highest BCUT2D eigenvalue weighted by molar-refractivity contribution is 9.10. The molecule has 1 aromatic rings. The number of halogens is 2. The van der Waals surface area contributed by atoms with Gasteiger partial charge >= 0.3 is 5.97 Å².